The van der Waals surface area contributed by atoms with Crippen LogP contribution in [0.4, 0.5) is 8.78 Å². The van der Waals surface area contributed by atoms with Gasteiger partial charge in [0.1, 0.15) is 10.8 Å². The molecule has 3 rings (SSSR count). The minimum absolute atomic E-state index is 0.333. The van der Waals surface area contributed by atoms with Gasteiger partial charge >= 0.3 is 0 Å². The van der Waals surface area contributed by atoms with E-state index in [0.29, 0.717) is 16.9 Å². The van der Waals surface area contributed by atoms with Crippen LogP contribution in [-0.2, 0) is 17.1 Å². The van der Waals surface area contributed by atoms with Gasteiger partial charge < -0.3 is 4.55 Å². The standard InChI is InChI=1S/C18H19F2NOS2/c1-18(2,3)24(22)21-17-11-8-9-14(19)16(20)13(11)10-23-15-7-5-4-6-12(15)17/h4-9,17,21H,10H2,1-3H3/t17-,24-/m0/s1. The van der Waals surface area contributed by atoms with Gasteiger partial charge in [-0.25, -0.2) is 8.78 Å². The number of rotatable bonds is 2. The first-order valence-corrected chi connectivity index (χ1v) is 9.79. The number of thioether (sulfide) groups is 1. The zero-order valence-corrected chi connectivity index (χ0v) is 15.4. The first kappa shape index (κ1) is 17.7. The summed E-state index contributed by atoms with van der Waals surface area (Å²) in [6.07, 6.45) is 0. The molecule has 24 heavy (non-hydrogen) atoms. The molecule has 0 saturated carbocycles. The van der Waals surface area contributed by atoms with Crippen molar-refractivity contribution >= 4 is 23.1 Å². The van der Waals surface area contributed by atoms with Gasteiger partial charge in [0, 0.05) is 27.6 Å². The van der Waals surface area contributed by atoms with Crippen molar-refractivity contribution in [2.75, 3.05) is 0 Å². The van der Waals surface area contributed by atoms with Crippen LogP contribution >= 0.6 is 11.8 Å². The van der Waals surface area contributed by atoms with E-state index >= 15 is 0 Å². The van der Waals surface area contributed by atoms with Crippen molar-refractivity contribution in [1.82, 2.24) is 4.72 Å². The van der Waals surface area contributed by atoms with Crippen molar-refractivity contribution < 1.29 is 13.3 Å². The summed E-state index contributed by atoms with van der Waals surface area (Å²) >= 11 is 0.123. The average Bonchev–Trinajstić information content (AvgIpc) is 2.68. The molecule has 0 unspecified atom stereocenters. The second-order valence-corrected chi connectivity index (χ2v) is 9.70. The third kappa shape index (κ3) is 3.33. The van der Waals surface area contributed by atoms with Crippen LogP contribution in [0.15, 0.2) is 41.3 Å². The van der Waals surface area contributed by atoms with E-state index in [2.05, 4.69) is 4.72 Å². The maximum atomic E-state index is 14.3. The van der Waals surface area contributed by atoms with Crippen LogP contribution in [0.25, 0.3) is 0 Å². The summed E-state index contributed by atoms with van der Waals surface area (Å²) in [5.74, 6) is -1.33. The Labute approximate surface area is 148 Å². The Morgan fingerprint density at radius 1 is 1.12 bits per heavy atom. The molecule has 0 fully saturated rings. The number of nitrogens with one attached hydrogen (secondary N) is 1. The second-order valence-electron chi connectivity index (χ2n) is 6.69. The molecule has 128 valence electrons. The molecular formula is C18H19F2NOS2. The van der Waals surface area contributed by atoms with E-state index in [1.165, 1.54) is 11.8 Å². The highest BCUT2D eigenvalue weighted by Crippen LogP contribution is 2.41. The van der Waals surface area contributed by atoms with Crippen LogP contribution < -0.4 is 4.72 Å². The van der Waals surface area contributed by atoms with Gasteiger partial charge in [-0.3, -0.25) is 0 Å². The van der Waals surface area contributed by atoms with Crippen LogP contribution in [0.2, 0.25) is 0 Å². The monoisotopic (exact) mass is 367 g/mol. The fourth-order valence-corrected chi connectivity index (χ4v) is 4.55. The largest absolute Gasteiger partial charge is 0.598 e. The summed E-state index contributed by atoms with van der Waals surface area (Å²) in [4.78, 5) is 0.983. The lowest BCUT2D eigenvalue weighted by atomic mass is 9.95. The van der Waals surface area contributed by atoms with Gasteiger partial charge in [-0.1, -0.05) is 24.3 Å². The van der Waals surface area contributed by atoms with Crippen molar-refractivity contribution in [3.63, 3.8) is 0 Å². The van der Waals surface area contributed by atoms with Gasteiger partial charge in [-0.05, 0) is 44.0 Å². The summed E-state index contributed by atoms with van der Waals surface area (Å²) in [5.41, 5.74) is 1.91. The molecular weight excluding hydrogens is 348 g/mol. The molecule has 2 aromatic rings. The van der Waals surface area contributed by atoms with Gasteiger partial charge in [-0.2, -0.15) is 0 Å². The number of fused-ring (bicyclic) bond motifs is 2. The van der Waals surface area contributed by atoms with Gasteiger partial charge in [0.25, 0.3) is 0 Å². The first-order valence-electron chi connectivity index (χ1n) is 7.65. The average molecular weight is 367 g/mol. The summed E-state index contributed by atoms with van der Waals surface area (Å²) < 4.78 is 43.3. The Balaban J connectivity index is 2.13. The lowest BCUT2D eigenvalue weighted by Gasteiger charge is -2.29. The van der Waals surface area contributed by atoms with E-state index in [1.54, 1.807) is 6.07 Å². The topological polar surface area (TPSA) is 35.1 Å². The van der Waals surface area contributed by atoms with Crippen LogP contribution in [0, 0.1) is 11.6 Å². The molecule has 2 aromatic carbocycles. The number of halogens is 2. The van der Waals surface area contributed by atoms with Crippen molar-refractivity contribution in [1.29, 1.82) is 0 Å². The Kier molecular flexibility index (Phi) is 4.93. The summed E-state index contributed by atoms with van der Waals surface area (Å²) in [7, 11) is 0. The van der Waals surface area contributed by atoms with Crippen LogP contribution in [0.1, 0.15) is 43.5 Å². The first-order chi connectivity index (χ1) is 11.3. The van der Waals surface area contributed by atoms with E-state index in [4.69, 9.17) is 0 Å². The summed E-state index contributed by atoms with van der Waals surface area (Å²) in [6, 6.07) is 10.00. The molecule has 0 aromatic heterocycles. The summed E-state index contributed by atoms with van der Waals surface area (Å²) in [5, 5.41) is 0. The minimum Gasteiger partial charge on any atom is -0.598 e. The van der Waals surface area contributed by atoms with Gasteiger partial charge in [0.2, 0.25) is 0 Å². The number of hydrogen-bond donors (Lipinski definition) is 1. The smallest absolute Gasteiger partial charge is 0.163 e. The van der Waals surface area contributed by atoms with Crippen molar-refractivity contribution in [2.45, 2.75) is 42.2 Å². The Hall–Kier alpha value is -1.08. The minimum atomic E-state index is -1.34. The molecule has 2 atom stereocenters. The SMILES string of the molecule is CC(C)(C)[S@+]([O-])N[C@@H]1c2ccccc2SCc2c1ccc(F)c2F. The third-order valence-electron chi connectivity index (χ3n) is 3.93. The Morgan fingerprint density at radius 3 is 2.54 bits per heavy atom. The molecule has 0 spiro atoms. The normalized spacial score (nSPS) is 18.5. The maximum absolute atomic E-state index is 14.3. The molecule has 1 aliphatic rings. The molecule has 0 saturated heterocycles. The van der Waals surface area contributed by atoms with Gasteiger partial charge in [0.15, 0.2) is 11.6 Å². The predicted molar refractivity (Wildman–Crippen MR) is 95.2 cm³/mol. The Morgan fingerprint density at radius 2 is 1.83 bits per heavy atom. The van der Waals surface area contributed by atoms with E-state index in [1.807, 2.05) is 45.0 Å². The predicted octanol–water partition coefficient (Wildman–Crippen LogP) is 4.71. The fraction of sp³-hybridized carbons (Fsp3) is 0.333. The third-order valence-corrected chi connectivity index (χ3v) is 6.60. The summed E-state index contributed by atoms with van der Waals surface area (Å²) in [6.45, 7) is 5.62. The molecule has 0 amide bonds. The molecule has 1 N–H and O–H groups in total. The number of benzene rings is 2. The molecule has 0 radical (unpaired) electrons. The molecule has 1 heterocycles. The van der Waals surface area contributed by atoms with Crippen molar-refractivity contribution in [2.24, 2.45) is 0 Å². The Bertz CT molecular complexity index is 761. The van der Waals surface area contributed by atoms with Crippen LogP contribution in [0.5, 0.6) is 0 Å². The lowest BCUT2D eigenvalue weighted by molar-refractivity contribution is 0.497. The van der Waals surface area contributed by atoms with E-state index in [0.717, 1.165) is 16.5 Å². The highest BCUT2D eigenvalue weighted by molar-refractivity contribution is 7.98. The van der Waals surface area contributed by atoms with E-state index in [9.17, 15) is 13.3 Å². The van der Waals surface area contributed by atoms with Gasteiger partial charge in [-0.15, -0.1) is 16.5 Å². The molecule has 1 aliphatic heterocycles. The molecule has 0 bridgehead atoms. The molecule has 6 heteroatoms. The highest BCUT2D eigenvalue weighted by Gasteiger charge is 2.34. The van der Waals surface area contributed by atoms with Gasteiger partial charge in [0.05, 0.1) is 0 Å². The quantitative estimate of drug-likeness (QED) is 0.781. The van der Waals surface area contributed by atoms with Crippen molar-refractivity contribution in [3.05, 3.63) is 64.7 Å². The zero-order valence-electron chi connectivity index (χ0n) is 13.7. The maximum Gasteiger partial charge on any atom is 0.163 e. The fourth-order valence-electron chi connectivity index (χ4n) is 2.60. The lowest BCUT2D eigenvalue weighted by Crippen LogP contribution is -2.41. The molecule has 0 aliphatic carbocycles. The van der Waals surface area contributed by atoms with Crippen LogP contribution in [0.3, 0.4) is 0 Å². The molecule has 2 nitrogen and oxygen atoms in total. The zero-order chi connectivity index (χ0) is 17.5. The van der Waals surface area contributed by atoms with Crippen molar-refractivity contribution in [3.8, 4) is 0 Å². The van der Waals surface area contributed by atoms with Crippen LogP contribution in [-0.4, -0.2) is 9.30 Å². The van der Waals surface area contributed by atoms with E-state index in [-0.39, 0.29) is 0 Å². The van der Waals surface area contributed by atoms with E-state index < -0.39 is 33.8 Å². The second kappa shape index (κ2) is 6.67. The highest BCUT2D eigenvalue weighted by atomic mass is 32.2. The number of hydrogen-bond acceptors (Lipinski definition) is 3.